The first-order chi connectivity index (χ1) is 17.2. The number of aryl methyl sites for hydroxylation is 1. The first-order valence-electron chi connectivity index (χ1n) is 12.3. The van der Waals surface area contributed by atoms with E-state index in [0.29, 0.717) is 28.6 Å². The van der Waals surface area contributed by atoms with E-state index in [4.69, 9.17) is 9.37 Å². The normalized spacial score (nSPS) is 21.4. The van der Waals surface area contributed by atoms with Crippen LogP contribution in [0.5, 0.6) is 5.75 Å². The molecule has 4 aromatic rings. The molecule has 2 saturated heterocycles. The second-order valence-electron chi connectivity index (χ2n) is 9.78. The van der Waals surface area contributed by atoms with Gasteiger partial charge in [0, 0.05) is 29.9 Å². The number of fused-ring (bicyclic) bond motifs is 3. The highest BCUT2D eigenvalue weighted by Crippen LogP contribution is 2.41. The van der Waals surface area contributed by atoms with E-state index in [-0.39, 0.29) is 24.6 Å². The third-order valence-electron chi connectivity index (χ3n) is 7.52. The molecule has 2 bridgehead atoms. The quantitative estimate of drug-likeness (QED) is 0.390. The monoisotopic (exact) mass is 468 g/mol. The molecular weight excluding hydrogens is 440 g/mol. The highest BCUT2D eigenvalue weighted by molar-refractivity contribution is 5.97. The van der Waals surface area contributed by atoms with Crippen LogP contribution in [0.3, 0.4) is 0 Å². The lowest BCUT2D eigenvalue weighted by Gasteiger charge is -2.39. The maximum Gasteiger partial charge on any atom is 0.258 e. The number of nitrogens with zero attached hydrogens (tertiary/aromatic N) is 4. The minimum Gasteiger partial charge on any atom is -0.486 e. The summed E-state index contributed by atoms with van der Waals surface area (Å²) in [6.45, 7) is 2.04. The van der Waals surface area contributed by atoms with Crippen LogP contribution in [0.4, 0.5) is 0 Å². The molecule has 0 saturated carbocycles. The van der Waals surface area contributed by atoms with Crippen molar-refractivity contribution in [2.75, 3.05) is 0 Å². The fourth-order valence-electron chi connectivity index (χ4n) is 5.82. The molecule has 35 heavy (non-hydrogen) atoms. The Morgan fingerprint density at radius 1 is 1.06 bits per heavy atom. The molecule has 2 fully saturated rings. The third kappa shape index (κ3) is 4.27. The van der Waals surface area contributed by atoms with Gasteiger partial charge in [-0.25, -0.2) is 4.63 Å². The Morgan fingerprint density at radius 2 is 1.89 bits per heavy atom. The van der Waals surface area contributed by atoms with Crippen LogP contribution < -0.4 is 4.74 Å². The first-order valence-corrected chi connectivity index (χ1v) is 12.3. The van der Waals surface area contributed by atoms with E-state index < -0.39 is 0 Å². The SMILES string of the molecule is Cc1nonc1COc1ccccc1C(=O)N1C2CCC1CC(Cc1ccc3cnccc3c1)C2. The van der Waals surface area contributed by atoms with Crippen LogP contribution in [0, 0.1) is 12.8 Å². The number of carbonyl (C=O) groups excluding carboxylic acids is 1. The Bertz CT molecular complexity index is 1350. The van der Waals surface area contributed by atoms with Gasteiger partial charge in [-0.15, -0.1) is 0 Å². The van der Waals surface area contributed by atoms with Crippen LogP contribution in [-0.2, 0) is 13.0 Å². The van der Waals surface area contributed by atoms with Gasteiger partial charge in [0.25, 0.3) is 5.91 Å². The van der Waals surface area contributed by atoms with Crippen molar-refractivity contribution in [1.29, 1.82) is 0 Å². The molecule has 2 atom stereocenters. The van der Waals surface area contributed by atoms with Gasteiger partial charge in [0.2, 0.25) is 0 Å². The molecule has 6 rings (SSSR count). The van der Waals surface area contributed by atoms with E-state index in [9.17, 15) is 4.79 Å². The summed E-state index contributed by atoms with van der Waals surface area (Å²) in [5.41, 5.74) is 3.31. The number of benzene rings is 2. The second-order valence-corrected chi connectivity index (χ2v) is 9.78. The zero-order chi connectivity index (χ0) is 23.8. The lowest BCUT2D eigenvalue weighted by atomic mass is 9.85. The van der Waals surface area contributed by atoms with Crippen LogP contribution in [0.25, 0.3) is 10.8 Å². The van der Waals surface area contributed by atoms with Gasteiger partial charge in [-0.05, 0) is 74.1 Å². The summed E-state index contributed by atoms with van der Waals surface area (Å²) >= 11 is 0. The Labute approximate surface area is 204 Å². The van der Waals surface area contributed by atoms with Crippen molar-refractivity contribution < 1.29 is 14.2 Å². The van der Waals surface area contributed by atoms with Crippen molar-refractivity contribution >= 4 is 16.7 Å². The molecular formula is C28H28N4O3. The summed E-state index contributed by atoms with van der Waals surface area (Å²) in [7, 11) is 0. The summed E-state index contributed by atoms with van der Waals surface area (Å²) < 4.78 is 10.7. The van der Waals surface area contributed by atoms with Gasteiger partial charge in [-0.3, -0.25) is 9.78 Å². The molecule has 0 radical (unpaired) electrons. The molecule has 178 valence electrons. The average molecular weight is 469 g/mol. The van der Waals surface area contributed by atoms with Crippen molar-refractivity contribution in [3.05, 3.63) is 83.4 Å². The highest BCUT2D eigenvalue weighted by Gasteiger charge is 2.43. The van der Waals surface area contributed by atoms with Gasteiger partial charge in [-0.1, -0.05) is 40.6 Å². The maximum absolute atomic E-state index is 13.7. The standard InChI is InChI=1S/C28H28N4O3/c1-18-26(31-35-30-18)17-34-27-5-3-2-4-25(27)28(33)32-23-8-9-24(32)15-20(14-23)12-19-6-7-22-16-29-11-10-21(22)13-19/h2-7,10-11,13,16,20,23-24H,8-9,12,14-15,17H2,1H3. The lowest BCUT2D eigenvalue weighted by Crippen LogP contribution is -2.47. The van der Waals surface area contributed by atoms with Crippen molar-refractivity contribution in [3.63, 3.8) is 0 Å². The molecule has 2 unspecified atom stereocenters. The number of amides is 1. The van der Waals surface area contributed by atoms with E-state index in [1.807, 2.05) is 43.6 Å². The van der Waals surface area contributed by atoms with E-state index in [2.05, 4.69) is 44.5 Å². The van der Waals surface area contributed by atoms with Crippen LogP contribution in [0.1, 0.15) is 53.0 Å². The Hall–Kier alpha value is -3.74. The van der Waals surface area contributed by atoms with Crippen LogP contribution in [0.15, 0.2) is 65.6 Å². The summed E-state index contributed by atoms with van der Waals surface area (Å²) in [6.07, 6.45) is 9.05. The predicted octanol–water partition coefficient (Wildman–Crippen LogP) is 5.13. The molecule has 1 amide bonds. The predicted molar refractivity (Wildman–Crippen MR) is 131 cm³/mol. The Morgan fingerprint density at radius 3 is 2.69 bits per heavy atom. The molecule has 2 aliphatic rings. The zero-order valence-electron chi connectivity index (χ0n) is 19.8. The van der Waals surface area contributed by atoms with E-state index in [1.165, 1.54) is 16.3 Å². The van der Waals surface area contributed by atoms with E-state index >= 15 is 0 Å². The molecule has 0 N–H and O–H groups in total. The highest BCUT2D eigenvalue weighted by atomic mass is 16.6. The summed E-state index contributed by atoms with van der Waals surface area (Å²) in [4.78, 5) is 20.1. The summed E-state index contributed by atoms with van der Waals surface area (Å²) in [6, 6.07) is 16.8. The van der Waals surface area contributed by atoms with Gasteiger partial charge >= 0.3 is 0 Å². The third-order valence-corrected chi connectivity index (χ3v) is 7.52. The Kier molecular flexibility index (Phi) is 5.68. The molecule has 4 heterocycles. The lowest BCUT2D eigenvalue weighted by molar-refractivity contribution is 0.0520. The largest absolute Gasteiger partial charge is 0.486 e. The smallest absolute Gasteiger partial charge is 0.258 e. The summed E-state index contributed by atoms with van der Waals surface area (Å²) in [5, 5.41) is 10.1. The number of piperidine rings is 1. The van der Waals surface area contributed by atoms with E-state index in [1.54, 1.807) is 0 Å². The molecule has 0 spiro atoms. The Balaban J connectivity index is 1.16. The molecule has 7 nitrogen and oxygen atoms in total. The molecule has 2 aromatic carbocycles. The van der Waals surface area contributed by atoms with Crippen molar-refractivity contribution in [3.8, 4) is 5.75 Å². The number of para-hydroxylation sites is 1. The van der Waals surface area contributed by atoms with Crippen LogP contribution >= 0.6 is 0 Å². The van der Waals surface area contributed by atoms with Crippen LogP contribution in [0.2, 0.25) is 0 Å². The molecule has 2 aliphatic heterocycles. The number of hydrogen-bond donors (Lipinski definition) is 0. The summed E-state index contributed by atoms with van der Waals surface area (Å²) in [5.74, 6) is 1.23. The first kappa shape index (κ1) is 21.8. The average Bonchev–Trinajstić information content (AvgIpc) is 3.41. The zero-order valence-corrected chi connectivity index (χ0v) is 19.8. The van der Waals surface area contributed by atoms with Crippen LogP contribution in [-0.4, -0.2) is 38.2 Å². The van der Waals surface area contributed by atoms with Gasteiger partial charge in [0.1, 0.15) is 23.7 Å². The molecule has 7 heteroatoms. The maximum atomic E-state index is 13.7. The van der Waals surface area contributed by atoms with Gasteiger partial charge < -0.3 is 9.64 Å². The topological polar surface area (TPSA) is 81.3 Å². The number of hydrogen-bond acceptors (Lipinski definition) is 6. The molecule has 0 aliphatic carbocycles. The minimum atomic E-state index is 0.0692. The van der Waals surface area contributed by atoms with Crippen molar-refractivity contribution in [1.82, 2.24) is 20.2 Å². The van der Waals surface area contributed by atoms with E-state index in [0.717, 1.165) is 32.1 Å². The number of pyridine rings is 1. The fourth-order valence-corrected chi connectivity index (χ4v) is 5.82. The van der Waals surface area contributed by atoms with Crippen molar-refractivity contribution in [2.45, 2.75) is 57.7 Å². The number of ether oxygens (including phenoxy) is 1. The molecule has 2 aromatic heterocycles. The number of aromatic nitrogens is 3. The number of carbonyl (C=O) groups is 1. The fraction of sp³-hybridized carbons (Fsp3) is 0.357. The second kappa shape index (κ2) is 9.13. The minimum absolute atomic E-state index is 0.0692. The van der Waals surface area contributed by atoms with Gasteiger partial charge in [-0.2, -0.15) is 0 Å². The van der Waals surface area contributed by atoms with Gasteiger partial charge in [0.15, 0.2) is 0 Å². The number of rotatable bonds is 6. The van der Waals surface area contributed by atoms with Crippen molar-refractivity contribution in [2.24, 2.45) is 5.92 Å². The van der Waals surface area contributed by atoms with Gasteiger partial charge in [0.05, 0.1) is 5.56 Å².